The molecular formula is C19H18N2O2S. The van der Waals surface area contributed by atoms with Crippen molar-refractivity contribution < 1.29 is 9.53 Å². The number of rotatable bonds is 6. The third-order valence-corrected chi connectivity index (χ3v) is 4.27. The lowest BCUT2D eigenvalue weighted by atomic mass is 10.1. The molecule has 122 valence electrons. The minimum atomic E-state index is -0.0996. The second-order valence-electron chi connectivity index (χ2n) is 5.40. The van der Waals surface area contributed by atoms with Crippen LogP contribution in [0.15, 0.2) is 65.5 Å². The standard InChI is InChI=1S/C19H18N2O2S/c1-14(15-5-3-2-4-6-15)21-19(22)16-7-9-18(10-8-16)23-11-17-12-24-13-20-17/h2-10,12-14H,11H2,1H3,(H,21,22). The van der Waals surface area contributed by atoms with Crippen LogP contribution in [0.4, 0.5) is 0 Å². The number of nitrogens with zero attached hydrogens (tertiary/aromatic N) is 1. The van der Waals surface area contributed by atoms with Crippen molar-refractivity contribution >= 4 is 17.2 Å². The summed E-state index contributed by atoms with van der Waals surface area (Å²) in [4.78, 5) is 16.5. The van der Waals surface area contributed by atoms with Crippen molar-refractivity contribution in [3.8, 4) is 5.75 Å². The van der Waals surface area contributed by atoms with E-state index in [1.165, 1.54) is 0 Å². The first-order valence-electron chi connectivity index (χ1n) is 7.68. The maximum absolute atomic E-state index is 12.3. The number of ether oxygens (including phenoxy) is 1. The van der Waals surface area contributed by atoms with E-state index in [0.29, 0.717) is 12.2 Å². The van der Waals surface area contributed by atoms with Gasteiger partial charge in [-0.25, -0.2) is 4.98 Å². The molecule has 2 aromatic carbocycles. The average Bonchev–Trinajstić information content (AvgIpc) is 3.14. The molecule has 0 bridgehead atoms. The topological polar surface area (TPSA) is 51.2 Å². The highest BCUT2D eigenvalue weighted by atomic mass is 32.1. The van der Waals surface area contributed by atoms with E-state index in [9.17, 15) is 4.79 Å². The molecule has 1 amide bonds. The first-order chi connectivity index (χ1) is 11.7. The molecule has 3 aromatic rings. The molecule has 0 fully saturated rings. The lowest BCUT2D eigenvalue weighted by Gasteiger charge is -2.14. The summed E-state index contributed by atoms with van der Waals surface area (Å²) in [5, 5.41) is 4.95. The van der Waals surface area contributed by atoms with Crippen LogP contribution >= 0.6 is 11.3 Å². The van der Waals surface area contributed by atoms with Gasteiger partial charge in [-0.3, -0.25) is 4.79 Å². The predicted molar refractivity (Wildman–Crippen MR) is 95.2 cm³/mol. The summed E-state index contributed by atoms with van der Waals surface area (Å²) >= 11 is 1.54. The van der Waals surface area contributed by atoms with Gasteiger partial charge in [0, 0.05) is 10.9 Å². The fraction of sp³-hybridized carbons (Fsp3) is 0.158. The first-order valence-corrected chi connectivity index (χ1v) is 8.62. The molecule has 0 saturated carbocycles. The largest absolute Gasteiger partial charge is 0.487 e. The zero-order valence-electron chi connectivity index (χ0n) is 13.3. The van der Waals surface area contributed by atoms with Crippen molar-refractivity contribution in [1.82, 2.24) is 10.3 Å². The molecule has 4 nitrogen and oxygen atoms in total. The van der Waals surface area contributed by atoms with Gasteiger partial charge in [0.2, 0.25) is 0 Å². The number of carbonyl (C=O) groups excluding carboxylic acids is 1. The van der Waals surface area contributed by atoms with Gasteiger partial charge in [0.05, 0.1) is 17.2 Å². The Hall–Kier alpha value is -2.66. The van der Waals surface area contributed by atoms with Crippen LogP contribution in [0.5, 0.6) is 5.75 Å². The Morgan fingerprint density at radius 1 is 1.17 bits per heavy atom. The van der Waals surface area contributed by atoms with Gasteiger partial charge in [-0.2, -0.15) is 0 Å². The molecule has 0 aliphatic heterocycles. The summed E-state index contributed by atoms with van der Waals surface area (Å²) in [6.07, 6.45) is 0. The molecule has 24 heavy (non-hydrogen) atoms. The first kappa shape index (κ1) is 16.2. The van der Waals surface area contributed by atoms with Gasteiger partial charge < -0.3 is 10.1 Å². The van der Waals surface area contributed by atoms with Gasteiger partial charge in [-0.1, -0.05) is 30.3 Å². The van der Waals surface area contributed by atoms with Gasteiger partial charge in [0.25, 0.3) is 5.91 Å². The van der Waals surface area contributed by atoms with Crippen molar-refractivity contribution in [1.29, 1.82) is 0 Å². The zero-order valence-corrected chi connectivity index (χ0v) is 14.1. The van der Waals surface area contributed by atoms with E-state index in [1.54, 1.807) is 41.1 Å². The van der Waals surface area contributed by atoms with Gasteiger partial charge in [0.15, 0.2) is 0 Å². The van der Waals surface area contributed by atoms with Crippen molar-refractivity contribution in [2.24, 2.45) is 0 Å². The zero-order chi connectivity index (χ0) is 16.8. The number of nitrogens with one attached hydrogen (secondary N) is 1. The van der Waals surface area contributed by atoms with E-state index in [1.807, 2.05) is 42.6 Å². The summed E-state index contributed by atoms with van der Waals surface area (Å²) < 4.78 is 5.65. The molecular weight excluding hydrogens is 320 g/mol. The van der Waals surface area contributed by atoms with Gasteiger partial charge in [-0.05, 0) is 36.8 Å². The second-order valence-corrected chi connectivity index (χ2v) is 6.12. The van der Waals surface area contributed by atoms with Gasteiger partial charge in [0.1, 0.15) is 12.4 Å². The lowest BCUT2D eigenvalue weighted by Crippen LogP contribution is -2.26. The van der Waals surface area contributed by atoms with Crippen LogP contribution in [0, 0.1) is 0 Å². The van der Waals surface area contributed by atoms with Crippen LogP contribution in [-0.2, 0) is 6.61 Å². The molecule has 0 aliphatic carbocycles. The molecule has 1 heterocycles. The maximum atomic E-state index is 12.3. The van der Waals surface area contributed by atoms with Gasteiger partial charge >= 0.3 is 0 Å². The number of benzene rings is 2. The van der Waals surface area contributed by atoms with Crippen LogP contribution in [0.3, 0.4) is 0 Å². The van der Waals surface area contributed by atoms with Crippen LogP contribution in [0.1, 0.15) is 34.6 Å². The van der Waals surface area contributed by atoms with Crippen molar-refractivity contribution in [2.75, 3.05) is 0 Å². The van der Waals surface area contributed by atoms with Crippen molar-refractivity contribution in [3.63, 3.8) is 0 Å². The SMILES string of the molecule is CC(NC(=O)c1ccc(OCc2cscn2)cc1)c1ccccc1. The highest BCUT2D eigenvalue weighted by Crippen LogP contribution is 2.16. The number of hydrogen-bond acceptors (Lipinski definition) is 4. The fourth-order valence-electron chi connectivity index (χ4n) is 2.27. The summed E-state index contributed by atoms with van der Waals surface area (Å²) in [5.41, 5.74) is 4.37. The van der Waals surface area contributed by atoms with E-state index in [4.69, 9.17) is 4.74 Å². The highest BCUT2D eigenvalue weighted by molar-refractivity contribution is 7.07. The number of carbonyl (C=O) groups is 1. The van der Waals surface area contributed by atoms with E-state index in [2.05, 4.69) is 10.3 Å². The van der Waals surface area contributed by atoms with Crippen LogP contribution < -0.4 is 10.1 Å². The molecule has 0 aliphatic rings. The summed E-state index contributed by atoms with van der Waals surface area (Å²) in [7, 11) is 0. The Kier molecular flexibility index (Phi) is 5.23. The molecule has 1 atom stereocenters. The summed E-state index contributed by atoms with van der Waals surface area (Å²) in [5.74, 6) is 0.619. The Labute approximate surface area is 145 Å². The minimum Gasteiger partial charge on any atom is -0.487 e. The van der Waals surface area contributed by atoms with E-state index in [-0.39, 0.29) is 11.9 Å². The number of aromatic nitrogens is 1. The van der Waals surface area contributed by atoms with Crippen LogP contribution in [0.25, 0.3) is 0 Å². The predicted octanol–water partition coefficient (Wildman–Crippen LogP) is 4.21. The third-order valence-electron chi connectivity index (χ3n) is 3.63. The van der Waals surface area contributed by atoms with Crippen molar-refractivity contribution in [2.45, 2.75) is 19.6 Å². The molecule has 1 N–H and O–H groups in total. The minimum absolute atomic E-state index is 0.0423. The Morgan fingerprint density at radius 2 is 1.92 bits per heavy atom. The maximum Gasteiger partial charge on any atom is 0.251 e. The Balaban J connectivity index is 1.57. The molecule has 0 radical (unpaired) electrons. The normalized spacial score (nSPS) is 11.7. The third kappa shape index (κ3) is 4.20. The monoisotopic (exact) mass is 338 g/mol. The number of hydrogen-bond donors (Lipinski definition) is 1. The molecule has 5 heteroatoms. The molecule has 0 spiro atoms. The summed E-state index contributed by atoms with van der Waals surface area (Å²) in [6, 6.07) is 17.0. The van der Waals surface area contributed by atoms with Gasteiger partial charge in [-0.15, -0.1) is 11.3 Å². The summed E-state index contributed by atoms with van der Waals surface area (Å²) in [6.45, 7) is 2.40. The van der Waals surface area contributed by atoms with E-state index in [0.717, 1.165) is 17.0 Å². The number of thiazole rings is 1. The Morgan fingerprint density at radius 3 is 2.58 bits per heavy atom. The van der Waals surface area contributed by atoms with Crippen LogP contribution in [-0.4, -0.2) is 10.9 Å². The molecule has 1 unspecified atom stereocenters. The quantitative estimate of drug-likeness (QED) is 0.732. The Bertz CT molecular complexity index is 771. The fourth-order valence-corrected chi connectivity index (χ4v) is 2.82. The van der Waals surface area contributed by atoms with E-state index < -0.39 is 0 Å². The smallest absolute Gasteiger partial charge is 0.251 e. The van der Waals surface area contributed by atoms with Crippen LogP contribution in [0.2, 0.25) is 0 Å². The average molecular weight is 338 g/mol. The molecule has 1 aromatic heterocycles. The highest BCUT2D eigenvalue weighted by Gasteiger charge is 2.11. The second kappa shape index (κ2) is 7.75. The molecule has 0 saturated heterocycles. The van der Waals surface area contributed by atoms with Crippen molar-refractivity contribution in [3.05, 3.63) is 82.3 Å². The number of amides is 1. The van der Waals surface area contributed by atoms with E-state index >= 15 is 0 Å². The molecule has 3 rings (SSSR count). The lowest BCUT2D eigenvalue weighted by molar-refractivity contribution is 0.0940.